The first-order valence-corrected chi connectivity index (χ1v) is 9.58. The van der Waals surface area contributed by atoms with Gasteiger partial charge in [0.05, 0.1) is 0 Å². The first-order chi connectivity index (χ1) is 11.2. The monoisotopic (exact) mass is 349 g/mol. The maximum atomic E-state index is 6.03. The molecule has 2 bridgehead atoms. The molecule has 2 N–H and O–H groups in total. The lowest BCUT2D eigenvalue weighted by atomic mass is 9.81. The van der Waals surface area contributed by atoms with E-state index in [4.69, 9.17) is 23.8 Å². The summed E-state index contributed by atoms with van der Waals surface area (Å²) in [6, 6.07) is 10.6. The predicted molar refractivity (Wildman–Crippen MR) is 100 cm³/mol. The molecule has 3 nitrogen and oxygen atoms in total. The Morgan fingerprint density at radius 3 is 2.48 bits per heavy atom. The third-order valence-electron chi connectivity index (χ3n) is 5.42. The Hall–Kier alpha value is -0.840. The molecule has 2 unspecified atom stereocenters. The number of anilines is 1. The number of nitrogens with zero attached hydrogens (tertiary/aromatic N) is 1. The zero-order valence-corrected chi connectivity index (χ0v) is 14.9. The van der Waals surface area contributed by atoms with Gasteiger partial charge in [-0.3, -0.25) is 4.90 Å². The lowest BCUT2D eigenvalue weighted by Crippen LogP contribution is -2.57. The molecule has 2 saturated heterocycles. The van der Waals surface area contributed by atoms with E-state index in [1.807, 2.05) is 24.3 Å². The van der Waals surface area contributed by atoms with Crippen LogP contribution in [0.5, 0.6) is 0 Å². The van der Waals surface area contributed by atoms with Crippen molar-refractivity contribution in [3.8, 4) is 0 Å². The molecular weight excluding hydrogens is 326 g/mol. The Morgan fingerprint density at radius 2 is 1.83 bits per heavy atom. The first kappa shape index (κ1) is 15.7. The van der Waals surface area contributed by atoms with Gasteiger partial charge in [-0.25, -0.2) is 0 Å². The van der Waals surface area contributed by atoms with Crippen molar-refractivity contribution < 1.29 is 0 Å². The minimum absolute atomic E-state index is 0.500. The molecular formula is C18H24ClN3S. The van der Waals surface area contributed by atoms with Crippen molar-refractivity contribution in [2.45, 2.75) is 69.1 Å². The van der Waals surface area contributed by atoms with Gasteiger partial charge in [0.15, 0.2) is 5.11 Å². The number of halogens is 1. The van der Waals surface area contributed by atoms with E-state index in [-0.39, 0.29) is 0 Å². The van der Waals surface area contributed by atoms with Gasteiger partial charge in [0.1, 0.15) is 0 Å². The van der Waals surface area contributed by atoms with Crippen LogP contribution in [0.4, 0.5) is 5.69 Å². The van der Waals surface area contributed by atoms with Crippen LogP contribution in [-0.4, -0.2) is 34.2 Å². The fraction of sp³-hybridized carbons (Fsp3) is 0.611. The Bertz CT molecular complexity index is 575. The minimum Gasteiger partial charge on any atom is -0.360 e. The van der Waals surface area contributed by atoms with E-state index in [1.165, 1.54) is 44.9 Å². The van der Waals surface area contributed by atoms with Gasteiger partial charge >= 0.3 is 0 Å². The zero-order valence-electron chi connectivity index (χ0n) is 13.3. The molecule has 0 radical (unpaired) electrons. The number of rotatable bonds is 3. The highest BCUT2D eigenvalue weighted by Gasteiger charge is 2.44. The van der Waals surface area contributed by atoms with Crippen LogP contribution in [0, 0.1) is 0 Å². The summed E-state index contributed by atoms with van der Waals surface area (Å²) in [7, 11) is 0. The van der Waals surface area contributed by atoms with Crippen LogP contribution in [0.25, 0.3) is 0 Å². The molecule has 1 aliphatic carbocycles. The highest BCUT2D eigenvalue weighted by molar-refractivity contribution is 7.80. The fourth-order valence-electron chi connectivity index (χ4n) is 4.42. The maximum Gasteiger partial charge on any atom is 0.170 e. The van der Waals surface area contributed by atoms with Gasteiger partial charge in [0.2, 0.25) is 0 Å². The molecule has 23 heavy (non-hydrogen) atoms. The molecule has 5 heteroatoms. The Labute approximate surface area is 148 Å². The van der Waals surface area contributed by atoms with Crippen LogP contribution in [0.1, 0.15) is 44.9 Å². The molecule has 2 atom stereocenters. The van der Waals surface area contributed by atoms with E-state index in [0.29, 0.717) is 6.04 Å². The molecule has 3 aliphatic rings. The summed E-state index contributed by atoms with van der Waals surface area (Å²) in [5.41, 5.74) is 0.950. The summed E-state index contributed by atoms with van der Waals surface area (Å²) in [6.07, 6.45) is 9.41. The van der Waals surface area contributed by atoms with Gasteiger partial charge in [0.25, 0.3) is 0 Å². The molecule has 1 aromatic carbocycles. The summed E-state index contributed by atoms with van der Waals surface area (Å²) in [6.45, 7) is 0. The molecule has 4 rings (SSSR count). The number of thiocarbonyl (C=S) groups is 1. The standard InChI is InChI=1S/C18H24ClN3S/c19-12-3-1-4-13(9-12)20-18(23)21-14-10-16-5-2-6-17(11-14)22(16)15-7-8-15/h1,3-4,9,14-17H,2,5-8,10-11H2,(H2,20,21,23). The molecule has 3 fully saturated rings. The molecule has 0 spiro atoms. The molecule has 0 aromatic heterocycles. The summed E-state index contributed by atoms with van der Waals surface area (Å²) >= 11 is 11.5. The van der Waals surface area contributed by atoms with Crippen LogP contribution < -0.4 is 10.6 Å². The second-order valence-corrected chi connectivity index (χ2v) is 8.04. The van der Waals surface area contributed by atoms with E-state index in [0.717, 1.165) is 33.9 Å². The molecule has 2 heterocycles. The van der Waals surface area contributed by atoms with Crippen molar-refractivity contribution in [2.24, 2.45) is 0 Å². The third-order valence-corrected chi connectivity index (χ3v) is 5.87. The maximum absolute atomic E-state index is 6.03. The highest BCUT2D eigenvalue weighted by atomic mass is 35.5. The zero-order chi connectivity index (χ0) is 15.8. The Balaban J connectivity index is 1.35. The average molecular weight is 350 g/mol. The van der Waals surface area contributed by atoms with Crippen molar-refractivity contribution in [1.29, 1.82) is 0 Å². The van der Waals surface area contributed by atoms with Crippen LogP contribution in [0.2, 0.25) is 5.02 Å². The van der Waals surface area contributed by atoms with Gasteiger partial charge in [0, 0.05) is 34.9 Å². The van der Waals surface area contributed by atoms with Gasteiger partial charge < -0.3 is 10.6 Å². The molecule has 2 aliphatic heterocycles. The van der Waals surface area contributed by atoms with Crippen LogP contribution >= 0.6 is 23.8 Å². The Morgan fingerprint density at radius 1 is 1.09 bits per heavy atom. The predicted octanol–water partition coefficient (Wildman–Crippen LogP) is 4.17. The van der Waals surface area contributed by atoms with Crippen LogP contribution in [-0.2, 0) is 0 Å². The SMILES string of the molecule is S=C(Nc1cccc(Cl)c1)NC1CC2CCCC(C1)N2C1CC1. The minimum atomic E-state index is 0.500. The number of piperidine rings is 2. The summed E-state index contributed by atoms with van der Waals surface area (Å²) in [5.74, 6) is 0. The number of nitrogens with one attached hydrogen (secondary N) is 2. The fourth-order valence-corrected chi connectivity index (χ4v) is 4.90. The summed E-state index contributed by atoms with van der Waals surface area (Å²) in [4.78, 5) is 2.84. The highest BCUT2D eigenvalue weighted by Crippen LogP contribution is 2.41. The van der Waals surface area contributed by atoms with Crippen molar-refractivity contribution in [1.82, 2.24) is 10.2 Å². The third kappa shape index (κ3) is 3.65. The van der Waals surface area contributed by atoms with Crippen molar-refractivity contribution in [3.63, 3.8) is 0 Å². The molecule has 1 saturated carbocycles. The number of fused-ring (bicyclic) bond motifs is 2. The lowest BCUT2D eigenvalue weighted by molar-refractivity contribution is 0.0209. The molecule has 1 aromatic rings. The van der Waals surface area contributed by atoms with E-state index in [1.54, 1.807) is 0 Å². The van der Waals surface area contributed by atoms with E-state index >= 15 is 0 Å². The second-order valence-electron chi connectivity index (χ2n) is 7.19. The van der Waals surface area contributed by atoms with Crippen molar-refractivity contribution in [2.75, 3.05) is 5.32 Å². The van der Waals surface area contributed by atoms with Gasteiger partial charge in [-0.15, -0.1) is 0 Å². The lowest BCUT2D eigenvalue weighted by Gasteiger charge is -2.49. The van der Waals surface area contributed by atoms with E-state index < -0.39 is 0 Å². The van der Waals surface area contributed by atoms with Gasteiger partial charge in [-0.05, 0) is 68.9 Å². The average Bonchev–Trinajstić information content (AvgIpc) is 3.30. The first-order valence-electron chi connectivity index (χ1n) is 8.79. The normalized spacial score (nSPS) is 30.7. The smallest absolute Gasteiger partial charge is 0.170 e. The van der Waals surface area contributed by atoms with Crippen LogP contribution in [0.3, 0.4) is 0 Å². The molecule has 0 amide bonds. The van der Waals surface area contributed by atoms with Crippen molar-refractivity contribution >= 4 is 34.6 Å². The van der Waals surface area contributed by atoms with E-state index in [2.05, 4.69) is 15.5 Å². The van der Waals surface area contributed by atoms with Gasteiger partial charge in [-0.2, -0.15) is 0 Å². The largest absolute Gasteiger partial charge is 0.360 e. The number of hydrogen-bond acceptors (Lipinski definition) is 2. The topological polar surface area (TPSA) is 27.3 Å². The Kier molecular flexibility index (Phi) is 4.48. The summed E-state index contributed by atoms with van der Waals surface area (Å²) in [5, 5.41) is 8.25. The second kappa shape index (κ2) is 6.58. The van der Waals surface area contributed by atoms with E-state index in [9.17, 15) is 0 Å². The number of benzene rings is 1. The summed E-state index contributed by atoms with van der Waals surface area (Å²) < 4.78 is 0. The van der Waals surface area contributed by atoms with Crippen molar-refractivity contribution in [3.05, 3.63) is 29.3 Å². The molecule has 124 valence electrons. The van der Waals surface area contributed by atoms with Crippen LogP contribution in [0.15, 0.2) is 24.3 Å². The van der Waals surface area contributed by atoms with Gasteiger partial charge in [-0.1, -0.05) is 24.1 Å². The quantitative estimate of drug-likeness (QED) is 0.801. The number of hydrogen-bond donors (Lipinski definition) is 2.